The van der Waals surface area contributed by atoms with Gasteiger partial charge in [0.05, 0.1) is 6.20 Å². The average Bonchev–Trinajstić information content (AvgIpc) is 3.04. The summed E-state index contributed by atoms with van der Waals surface area (Å²) in [6.07, 6.45) is 1.56. The molecule has 4 rings (SSSR count). The van der Waals surface area contributed by atoms with Crippen molar-refractivity contribution in [1.29, 1.82) is 0 Å². The topological polar surface area (TPSA) is 81.2 Å². The van der Waals surface area contributed by atoms with Crippen molar-refractivity contribution in [3.8, 4) is 11.5 Å². The summed E-state index contributed by atoms with van der Waals surface area (Å²) in [4.78, 5) is 4.39. The molecule has 0 aliphatic carbocycles. The quantitative estimate of drug-likeness (QED) is 0.766. The first kappa shape index (κ1) is 13.3. The highest BCUT2D eigenvalue weighted by Gasteiger charge is 2.13. The van der Waals surface area contributed by atoms with Gasteiger partial charge in [0, 0.05) is 17.4 Å². The predicted octanol–water partition coefficient (Wildman–Crippen LogP) is 3.09. The van der Waals surface area contributed by atoms with Crippen LogP contribution >= 0.6 is 0 Å². The minimum absolute atomic E-state index is 0.249. The minimum Gasteiger partial charge on any atom is -0.454 e. The number of nitrogens with one attached hydrogen (secondary N) is 2. The zero-order valence-electron chi connectivity index (χ0n) is 12.1. The summed E-state index contributed by atoms with van der Waals surface area (Å²) in [6.45, 7) is 0.249. The summed E-state index contributed by atoms with van der Waals surface area (Å²) in [5.74, 6) is 2.45. The average molecular weight is 307 g/mol. The van der Waals surface area contributed by atoms with Crippen molar-refractivity contribution in [1.82, 2.24) is 15.2 Å². The molecule has 1 aromatic heterocycles. The van der Waals surface area contributed by atoms with E-state index in [1.807, 2.05) is 48.5 Å². The molecule has 0 unspecified atom stereocenters. The maximum Gasteiger partial charge on any atom is 0.249 e. The Labute approximate surface area is 132 Å². The number of hydrogen-bond acceptors (Lipinski definition) is 7. The highest BCUT2D eigenvalue weighted by molar-refractivity contribution is 5.62. The van der Waals surface area contributed by atoms with Gasteiger partial charge in [-0.1, -0.05) is 18.2 Å². The number of rotatable bonds is 4. The van der Waals surface area contributed by atoms with E-state index in [9.17, 15) is 0 Å². The molecule has 7 nitrogen and oxygen atoms in total. The Kier molecular flexibility index (Phi) is 3.36. The molecule has 0 atom stereocenters. The van der Waals surface area contributed by atoms with Crippen LogP contribution < -0.4 is 20.1 Å². The molecular weight excluding hydrogens is 294 g/mol. The first-order valence-corrected chi connectivity index (χ1v) is 7.05. The van der Waals surface area contributed by atoms with Crippen LogP contribution in [0.4, 0.5) is 23.1 Å². The molecule has 0 spiro atoms. The van der Waals surface area contributed by atoms with Crippen molar-refractivity contribution in [2.75, 3.05) is 17.4 Å². The molecule has 2 aromatic carbocycles. The second-order valence-corrected chi connectivity index (χ2v) is 4.85. The van der Waals surface area contributed by atoms with Crippen molar-refractivity contribution >= 4 is 23.1 Å². The Balaban J connectivity index is 1.52. The van der Waals surface area contributed by atoms with Crippen LogP contribution in [0, 0.1) is 0 Å². The molecule has 114 valence electrons. The molecule has 7 heteroatoms. The molecule has 2 N–H and O–H groups in total. The molecule has 0 amide bonds. The van der Waals surface area contributed by atoms with Gasteiger partial charge in [-0.25, -0.2) is 0 Å². The van der Waals surface area contributed by atoms with Gasteiger partial charge in [0.1, 0.15) is 0 Å². The lowest BCUT2D eigenvalue weighted by molar-refractivity contribution is 0.174. The molecule has 1 aliphatic rings. The summed E-state index contributed by atoms with van der Waals surface area (Å²) in [5.41, 5.74) is 1.73. The summed E-state index contributed by atoms with van der Waals surface area (Å²) < 4.78 is 10.6. The Morgan fingerprint density at radius 2 is 1.74 bits per heavy atom. The van der Waals surface area contributed by atoms with Gasteiger partial charge in [-0.15, -0.1) is 5.10 Å². The summed E-state index contributed by atoms with van der Waals surface area (Å²) in [6, 6.07) is 15.3. The van der Waals surface area contributed by atoms with Gasteiger partial charge in [0.15, 0.2) is 17.3 Å². The molecule has 0 saturated heterocycles. The largest absolute Gasteiger partial charge is 0.454 e. The Hall–Kier alpha value is -3.35. The van der Waals surface area contributed by atoms with Crippen LogP contribution in [0.2, 0.25) is 0 Å². The minimum atomic E-state index is 0.249. The number of benzene rings is 2. The molecular formula is C16H13N5O2. The molecule has 0 fully saturated rings. The number of ether oxygens (including phenoxy) is 2. The number of nitrogens with zero attached hydrogens (tertiary/aromatic N) is 3. The molecule has 1 aliphatic heterocycles. The van der Waals surface area contributed by atoms with E-state index in [-0.39, 0.29) is 6.79 Å². The van der Waals surface area contributed by atoms with E-state index < -0.39 is 0 Å². The second-order valence-electron chi connectivity index (χ2n) is 4.85. The molecule has 0 saturated carbocycles. The van der Waals surface area contributed by atoms with Crippen molar-refractivity contribution in [2.24, 2.45) is 0 Å². The van der Waals surface area contributed by atoms with Gasteiger partial charge in [-0.05, 0) is 24.3 Å². The van der Waals surface area contributed by atoms with E-state index in [0.29, 0.717) is 17.5 Å². The molecule has 2 heterocycles. The van der Waals surface area contributed by atoms with Crippen LogP contribution in [0.1, 0.15) is 0 Å². The highest BCUT2D eigenvalue weighted by Crippen LogP contribution is 2.34. The third-order valence-corrected chi connectivity index (χ3v) is 3.23. The van der Waals surface area contributed by atoms with Gasteiger partial charge in [-0.2, -0.15) is 10.1 Å². The van der Waals surface area contributed by atoms with Crippen LogP contribution in [-0.2, 0) is 0 Å². The van der Waals surface area contributed by atoms with Crippen molar-refractivity contribution in [3.05, 3.63) is 54.7 Å². The van der Waals surface area contributed by atoms with Gasteiger partial charge < -0.3 is 20.1 Å². The van der Waals surface area contributed by atoms with E-state index >= 15 is 0 Å². The Morgan fingerprint density at radius 1 is 0.870 bits per heavy atom. The monoisotopic (exact) mass is 307 g/mol. The van der Waals surface area contributed by atoms with E-state index in [1.54, 1.807) is 6.20 Å². The SMILES string of the molecule is c1ccc(Nc2nncc(Nc3ccc4c(c3)OCO4)n2)cc1. The fraction of sp³-hybridized carbons (Fsp3) is 0.0625. The second kappa shape index (κ2) is 5.80. The van der Waals surface area contributed by atoms with Crippen LogP contribution in [0.5, 0.6) is 11.5 Å². The number of para-hydroxylation sites is 1. The van der Waals surface area contributed by atoms with Crippen molar-refractivity contribution in [2.45, 2.75) is 0 Å². The van der Waals surface area contributed by atoms with E-state index in [2.05, 4.69) is 25.8 Å². The van der Waals surface area contributed by atoms with Crippen LogP contribution in [0.25, 0.3) is 0 Å². The lowest BCUT2D eigenvalue weighted by Crippen LogP contribution is -2.02. The summed E-state index contributed by atoms with van der Waals surface area (Å²) in [5, 5.41) is 14.2. The Morgan fingerprint density at radius 3 is 2.65 bits per heavy atom. The molecule has 0 radical (unpaired) electrons. The van der Waals surface area contributed by atoms with Gasteiger partial charge in [0.2, 0.25) is 12.7 Å². The number of anilines is 4. The van der Waals surface area contributed by atoms with Crippen LogP contribution in [0.3, 0.4) is 0 Å². The fourth-order valence-corrected chi connectivity index (χ4v) is 2.19. The van der Waals surface area contributed by atoms with Gasteiger partial charge >= 0.3 is 0 Å². The zero-order valence-corrected chi connectivity index (χ0v) is 12.1. The number of hydrogen-bond donors (Lipinski definition) is 2. The molecule has 3 aromatic rings. The highest BCUT2D eigenvalue weighted by atomic mass is 16.7. The lowest BCUT2D eigenvalue weighted by Gasteiger charge is -2.08. The first-order chi connectivity index (χ1) is 11.4. The zero-order chi connectivity index (χ0) is 15.5. The number of fused-ring (bicyclic) bond motifs is 1. The normalized spacial score (nSPS) is 12.0. The van der Waals surface area contributed by atoms with E-state index in [0.717, 1.165) is 17.1 Å². The van der Waals surface area contributed by atoms with Gasteiger partial charge in [0.25, 0.3) is 0 Å². The summed E-state index contributed by atoms with van der Waals surface area (Å²) in [7, 11) is 0. The smallest absolute Gasteiger partial charge is 0.249 e. The maximum absolute atomic E-state index is 5.36. The molecule has 23 heavy (non-hydrogen) atoms. The predicted molar refractivity (Wildman–Crippen MR) is 85.4 cm³/mol. The third-order valence-electron chi connectivity index (χ3n) is 3.23. The van der Waals surface area contributed by atoms with Gasteiger partial charge in [-0.3, -0.25) is 0 Å². The standard InChI is InChI=1S/C16H13N5O2/c1-2-4-11(5-3-1)19-16-20-15(9-17-21-16)18-12-6-7-13-14(8-12)23-10-22-13/h1-9H,10H2,(H2,18,19,20,21). The fourth-order valence-electron chi connectivity index (χ4n) is 2.19. The third kappa shape index (κ3) is 2.98. The first-order valence-electron chi connectivity index (χ1n) is 7.05. The van der Waals surface area contributed by atoms with Crippen molar-refractivity contribution in [3.63, 3.8) is 0 Å². The Bertz CT molecular complexity index is 826. The molecule has 0 bridgehead atoms. The number of aromatic nitrogens is 3. The summed E-state index contributed by atoms with van der Waals surface area (Å²) >= 11 is 0. The van der Waals surface area contributed by atoms with E-state index in [4.69, 9.17) is 9.47 Å². The van der Waals surface area contributed by atoms with Crippen molar-refractivity contribution < 1.29 is 9.47 Å². The van der Waals surface area contributed by atoms with E-state index in [1.165, 1.54) is 0 Å². The lowest BCUT2D eigenvalue weighted by atomic mass is 10.3. The van der Waals surface area contributed by atoms with Crippen LogP contribution in [-0.4, -0.2) is 22.0 Å². The maximum atomic E-state index is 5.36. The van der Waals surface area contributed by atoms with Crippen LogP contribution in [0.15, 0.2) is 54.7 Å².